The lowest BCUT2D eigenvalue weighted by Gasteiger charge is -2.26. The highest BCUT2D eigenvalue weighted by atomic mass is 16.5. The summed E-state index contributed by atoms with van der Waals surface area (Å²) in [4.78, 5) is 15.8. The number of amides is 1. The van der Waals surface area contributed by atoms with Gasteiger partial charge in [0.2, 0.25) is 0 Å². The van der Waals surface area contributed by atoms with E-state index < -0.39 is 0 Å². The highest BCUT2D eigenvalue weighted by Crippen LogP contribution is 2.27. The van der Waals surface area contributed by atoms with Gasteiger partial charge in [0.15, 0.2) is 0 Å². The maximum absolute atomic E-state index is 12.6. The second-order valence-electron chi connectivity index (χ2n) is 7.17. The Kier molecular flexibility index (Phi) is 5.12. The minimum Gasteiger partial charge on any atom is -0.488 e. The molecule has 1 fully saturated rings. The second-order valence-corrected chi connectivity index (χ2v) is 7.17. The molecule has 4 rings (SSSR count). The molecule has 5 nitrogen and oxygen atoms in total. The summed E-state index contributed by atoms with van der Waals surface area (Å²) < 4.78 is 5.98. The van der Waals surface area contributed by atoms with Crippen molar-refractivity contribution in [3.63, 3.8) is 0 Å². The van der Waals surface area contributed by atoms with E-state index in [0.29, 0.717) is 18.7 Å². The number of carbonyl (C=O) groups is 1. The number of aromatic amines is 1. The van der Waals surface area contributed by atoms with Gasteiger partial charge in [-0.1, -0.05) is 36.4 Å². The Bertz CT molecular complexity index is 920. The van der Waals surface area contributed by atoms with E-state index in [1.54, 1.807) is 0 Å². The molecule has 27 heavy (non-hydrogen) atoms. The number of aromatic nitrogens is 1. The molecule has 1 aromatic heterocycles. The summed E-state index contributed by atoms with van der Waals surface area (Å²) in [5.41, 5.74) is 2.48. The van der Waals surface area contributed by atoms with Crippen LogP contribution >= 0.6 is 0 Å². The molecule has 0 radical (unpaired) electrons. The Labute approximate surface area is 158 Å². The zero-order valence-corrected chi connectivity index (χ0v) is 15.2. The van der Waals surface area contributed by atoms with Crippen LogP contribution in [0.15, 0.2) is 54.6 Å². The average molecular weight is 364 g/mol. The maximum Gasteiger partial charge on any atom is 0.267 e. The van der Waals surface area contributed by atoms with Crippen molar-refractivity contribution in [3.05, 3.63) is 65.9 Å². The van der Waals surface area contributed by atoms with E-state index in [0.717, 1.165) is 41.5 Å². The number of rotatable bonds is 5. The predicted octanol–water partition coefficient (Wildman–Crippen LogP) is 3.78. The first-order valence-corrected chi connectivity index (χ1v) is 9.46. The number of fused-ring (bicyclic) bond motifs is 1. The fourth-order valence-corrected chi connectivity index (χ4v) is 3.67. The van der Waals surface area contributed by atoms with E-state index in [4.69, 9.17) is 4.74 Å². The van der Waals surface area contributed by atoms with Crippen molar-refractivity contribution in [2.45, 2.75) is 44.4 Å². The van der Waals surface area contributed by atoms with Gasteiger partial charge in [-0.15, -0.1) is 0 Å². The first-order valence-electron chi connectivity index (χ1n) is 9.46. The van der Waals surface area contributed by atoms with Gasteiger partial charge < -0.3 is 20.1 Å². The lowest BCUT2D eigenvalue weighted by atomic mass is 9.93. The third-order valence-corrected chi connectivity index (χ3v) is 5.09. The van der Waals surface area contributed by atoms with Gasteiger partial charge in [0.25, 0.3) is 5.91 Å². The normalized spacial score (nSPS) is 19.7. The van der Waals surface area contributed by atoms with E-state index in [-0.39, 0.29) is 18.1 Å². The van der Waals surface area contributed by atoms with Crippen LogP contribution in [0.2, 0.25) is 0 Å². The molecule has 2 atom stereocenters. The number of hydrogen-bond donors (Lipinski definition) is 3. The number of ether oxygens (including phenoxy) is 1. The summed E-state index contributed by atoms with van der Waals surface area (Å²) in [6.45, 7) is 0.479. The number of benzene rings is 2. The first-order chi connectivity index (χ1) is 13.2. The van der Waals surface area contributed by atoms with Crippen LogP contribution in [0.5, 0.6) is 5.75 Å². The molecule has 0 spiro atoms. The molecule has 0 aliphatic heterocycles. The summed E-state index contributed by atoms with van der Waals surface area (Å²) in [5.74, 6) is 0.610. The number of carbonyl (C=O) groups excluding carboxylic acids is 1. The van der Waals surface area contributed by atoms with Crippen LogP contribution < -0.4 is 10.1 Å². The van der Waals surface area contributed by atoms with Gasteiger partial charge in [-0.2, -0.15) is 0 Å². The van der Waals surface area contributed by atoms with Gasteiger partial charge in [0.05, 0.1) is 6.10 Å². The SMILES string of the molecule is O=C(NC1CCCC(O)C1)c1cc2c(OCc3ccccc3)cccc2[nH]1. The smallest absolute Gasteiger partial charge is 0.267 e. The summed E-state index contributed by atoms with van der Waals surface area (Å²) in [5, 5.41) is 13.7. The lowest BCUT2D eigenvalue weighted by molar-refractivity contribution is 0.0846. The molecule has 1 amide bonds. The molecule has 2 unspecified atom stereocenters. The van der Waals surface area contributed by atoms with Crippen LogP contribution in [-0.4, -0.2) is 28.1 Å². The third kappa shape index (κ3) is 4.14. The molecular weight excluding hydrogens is 340 g/mol. The molecule has 140 valence electrons. The van der Waals surface area contributed by atoms with E-state index in [1.807, 2.05) is 54.6 Å². The number of hydrogen-bond acceptors (Lipinski definition) is 3. The van der Waals surface area contributed by atoms with Crippen molar-refractivity contribution in [2.24, 2.45) is 0 Å². The van der Waals surface area contributed by atoms with Gasteiger partial charge in [0.1, 0.15) is 18.1 Å². The van der Waals surface area contributed by atoms with E-state index >= 15 is 0 Å². The van der Waals surface area contributed by atoms with Gasteiger partial charge >= 0.3 is 0 Å². The Hall–Kier alpha value is -2.79. The third-order valence-electron chi connectivity index (χ3n) is 5.09. The monoisotopic (exact) mass is 364 g/mol. The van der Waals surface area contributed by atoms with Crippen molar-refractivity contribution in [3.8, 4) is 5.75 Å². The molecule has 1 heterocycles. The molecule has 1 saturated carbocycles. The highest BCUT2D eigenvalue weighted by Gasteiger charge is 2.23. The van der Waals surface area contributed by atoms with Crippen LogP contribution in [0.25, 0.3) is 10.9 Å². The van der Waals surface area contributed by atoms with Crippen molar-refractivity contribution in [2.75, 3.05) is 0 Å². The number of aliphatic hydroxyl groups is 1. The second kappa shape index (κ2) is 7.84. The molecule has 3 N–H and O–H groups in total. The fourth-order valence-electron chi connectivity index (χ4n) is 3.67. The fraction of sp³-hybridized carbons (Fsp3) is 0.318. The summed E-state index contributed by atoms with van der Waals surface area (Å²) >= 11 is 0. The molecule has 0 bridgehead atoms. The molecular formula is C22H24N2O3. The quantitative estimate of drug-likeness (QED) is 0.645. The van der Waals surface area contributed by atoms with Crippen molar-refractivity contribution in [1.82, 2.24) is 10.3 Å². The van der Waals surface area contributed by atoms with Crippen LogP contribution in [0.1, 0.15) is 41.7 Å². The van der Waals surface area contributed by atoms with Gasteiger partial charge in [-0.3, -0.25) is 4.79 Å². The molecule has 3 aromatic rings. The standard InChI is InChI=1S/C22H24N2O3/c25-17-9-4-8-16(12-17)23-22(26)20-13-18-19(24-20)10-5-11-21(18)27-14-15-6-2-1-3-7-15/h1-3,5-7,10-11,13,16-17,24-25H,4,8-9,12,14H2,(H,23,26). The summed E-state index contributed by atoms with van der Waals surface area (Å²) in [6, 6.07) is 17.6. The number of H-pyrrole nitrogens is 1. The maximum atomic E-state index is 12.6. The predicted molar refractivity (Wildman–Crippen MR) is 105 cm³/mol. The van der Waals surface area contributed by atoms with E-state index in [9.17, 15) is 9.90 Å². The van der Waals surface area contributed by atoms with Crippen LogP contribution in [0, 0.1) is 0 Å². The number of aliphatic hydroxyl groups excluding tert-OH is 1. The average Bonchev–Trinajstić information content (AvgIpc) is 3.12. The van der Waals surface area contributed by atoms with Gasteiger partial charge in [-0.25, -0.2) is 0 Å². The van der Waals surface area contributed by atoms with Crippen LogP contribution in [0.4, 0.5) is 0 Å². The molecule has 0 saturated heterocycles. The van der Waals surface area contributed by atoms with Gasteiger partial charge in [0, 0.05) is 16.9 Å². The van der Waals surface area contributed by atoms with Crippen LogP contribution in [-0.2, 0) is 6.61 Å². The Balaban J connectivity index is 1.49. The van der Waals surface area contributed by atoms with Crippen molar-refractivity contribution >= 4 is 16.8 Å². The molecule has 5 heteroatoms. The van der Waals surface area contributed by atoms with E-state index in [2.05, 4.69) is 10.3 Å². The largest absolute Gasteiger partial charge is 0.488 e. The molecule has 1 aliphatic carbocycles. The first kappa shape index (κ1) is 17.6. The zero-order chi connectivity index (χ0) is 18.6. The lowest BCUT2D eigenvalue weighted by Crippen LogP contribution is -2.39. The zero-order valence-electron chi connectivity index (χ0n) is 15.2. The number of nitrogens with one attached hydrogen (secondary N) is 2. The summed E-state index contributed by atoms with van der Waals surface area (Å²) in [6.07, 6.45) is 2.98. The van der Waals surface area contributed by atoms with Crippen molar-refractivity contribution in [1.29, 1.82) is 0 Å². The summed E-state index contributed by atoms with van der Waals surface area (Å²) in [7, 11) is 0. The Morgan fingerprint density at radius 1 is 1.15 bits per heavy atom. The van der Waals surface area contributed by atoms with Crippen molar-refractivity contribution < 1.29 is 14.6 Å². The molecule has 1 aliphatic rings. The van der Waals surface area contributed by atoms with E-state index in [1.165, 1.54) is 0 Å². The topological polar surface area (TPSA) is 74.3 Å². The van der Waals surface area contributed by atoms with Crippen LogP contribution in [0.3, 0.4) is 0 Å². The minimum absolute atomic E-state index is 0.0291. The minimum atomic E-state index is -0.315. The van der Waals surface area contributed by atoms with Gasteiger partial charge in [-0.05, 0) is 49.4 Å². The molecule has 2 aromatic carbocycles. The Morgan fingerprint density at radius 3 is 2.81 bits per heavy atom. The highest BCUT2D eigenvalue weighted by molar-refractivity contribution is 5.99. The Morgan fingerprint density at radius 2 is 2.00 bits per heavy atom.